The Morgan fingerprint density at radius 3 is 0.927 bits per heavy atom. The highest BCUT2D eigenvalue weighted by atomic mass is 32.2. The Morgan fingerprint density at radius 1 is 0.379 bits per heavy atom. The SMILES string of the molecule is C.C.C.C.C.C.C.C.CSCC[C@H](N)C(=O)Cc1nc(-c2ccccc2)cs1.CSCC[C@H](NC(=O)OC(C)(C)C)C(=O)Cc1nc(-c2ccccc2)cs1.CSCC[C@H](NC(=O)OC(C)(C)C)C(=O)O.CSCC[C@H](NC(=O)c1ccccc1)C(=O)Cc1nc(-c2ccccc2)cs1.Nc1nc(-c2ccccc2)cs1.O=C(O)c1ccccc1.S.S.S.S. The van der Waals surface area contributed by atoms with E-state index in [9.17, 15) is 38.4 Å². The summed E-state index contributed by atoms with van der Waals surface area (Å²) in [6, 6.07) is 54.7. The van der Waals surface area contributed by atoms with Gasteiger partial charge in [-0.1, -0.05) is 217 Å². The highest BCUT2D eigenvalue weighted by Gasteiger charge is 2.27. The number of aromatic carboxylic acids is 1. The van der Waals surface area contributed by atoms with E-state index in [1.54, 1.807) is 119 Å². The molecule has 0 aliphatic rings. The summed E-state index contributed by atoms with van der Waals surface area (Å²) in [5, 5.41) is 36.1. The number of anilines is 1. The van der Waals surface area contributed by atoms with Crippen LogP contribution in [-0.4, -0.2) is 161 Å². The first-order valence-electron chi connectivity index (χ1n) is 35.5. The van der Waals surface area contributed by atoms with Crippen molar-refractivity contribution in [2.45, 2.75) is 181 Å². The first kappa shape index (κ1) is 132. The van der Waals surface area contributed by atoms with Gasteiger partial charge in [-0.25, -0.2) is 39.1 Å². The van der Waals surface area contributed by atoms with Crippen LogP contribution in [0.25, 0.3) is 45.0 Å². The Hall–Kier alpha value is -7.64. The van der Waals surface area contributed by atoms with E-state index in [-0.39, 0.29) is 156 Å². The van der Waals surface area contributed by atoms with Gasteiger partial charge in [0.05, 0.1) is 65.7 Å². The molecular formula is C91H139N9O12S12. The van der Waals surface area contributed by atoms with Crippen LogP contribution in [0.4, 0.5) is 14.7 Å². The second-order valence-corrected chi connectivity index (χ2v) is 34.0. The molecule has 0 aliphatic carbocycles. The van der Waals surface area contributed by atoms with E-state index in [0.29, 0.717) is 47.7 Å². The Balaban J connectivity index is -0.000000220. The summed E-state index contributed by atoms with van der Waals surface area (Å²) in [5.41, 5.74) is 19.0. The van der Waals surface area contributed by atoms with Gasteiger partial charge in [-0.3, -0.25) is 19.2 Å². The zero-order chi connectivity index (χ0) is 81.9. The van der Waals surface area contributed by atoms with Gasteiger partial charge in [-0.05, 0) is 140 Å². The van der Waals surface area contributed by atoms with Crippen LogP contribution in [0.1, 0.15) is 162 Å². The van der Waals surface area contributed by atoms with Gasteiger partial charge in [-0.2, -0.15) is 101 Å². The smallest absolute Gasteiger partial charge is 0.408 e. The van der Waals surface area contributed by atoms with Crippen molar-refractivity contribution in [2.24, 2.45) is 5.73 Å². The number of nitrogens with one attached hydrogen (secondary N) is 3. The highest BCUT2D eigenvalue weighted by molar-refractivity contribution is 7.99. The van der Waals surface area contributed by atoms with Gasteiger partial charge in [0.1, 0.15) is 32.3 Å². The molecule has 21 nitrogen and oxygen atoms in total. The molecule has 0 aliphatic heterocycles. The van der Waals surface area contributed by atoms with E-state index in [1.807, 2.05) is 186 Å². The van der Waals surface area contributed by atoms with E-state index >= 15 is 0 Å². The standard InChI is InChI=1S/C22H22N2O2S2.C20H26N2O3S2.C15H18N2OS2.C10H19NO4S.C9H8N2S.C7H6O2.8CH4.4H2S/c1-27-13-12-18(24-22(26)17-10-6-3-7-11-17)20(25)14-21-23-19(15-28-21)16-8-4-2-5-9-16;1-20(2,3)25-19(24)22-15(10-11-26-4)17(23)12-18-21-16(13-27-18)14-8-6-5-7-9-14;1-19-8-7-12(16)14(18)9-15-17-13(10-20-15)11-5-3-2-4-6-11;1-10(2,3)15-9(14)11-7(8(12)13)5-6-16-4;10-9-11-8(6-12-9)7-4-2-1-3-5-7;8-7(9)6-4-2-1-3-5-6;;;;;;;;;;;;/h2-11,15,18H,12-14H2,1H3,(H,24,26);5-9,13,15H,10-12H2,1-4H3,(H,22,24);2-6,10,12H,7-9,16H2,1H3;7H,5-6H2,1-4H3,(H,11,14)(H,12,13);1-6H,(H2,10,11);1-5H,(H,8,9);8*1H4;4*1H2/t18-;15-;12-;7-;;;;;;;;;;;;;;/m0000............../s1. The molecule has 3 amide bonds. The number of hydrogen-bond donors (Lipinski definition) is 7. The summed E-state index contributed by atoms with van der Waals surface area (Å²) >= 11 is 12.5. The lowest BCUT2D eigenvalue weighted by atomic mass is 10.1. The zero-order valence-electron chi connectivity index (χ0n) is 66.4. The number of benzene rings is 6. The molecule has 0 fully saturated rings. The van der Waals surface area contributed by atoms with Crippen LogP contribution in [0.2, 0.25) is 0 Å². The lowest BCUT2D eigenvalue weighted by Gasteiger charge is -2.23. The molecule has 0 saturated carbocycles. The van der Waals surface area contributed by atoms with E-state index in [2.05, 4.69) is 35.9 Å². The van der Waals surface area contributed by atoms with Gasteiger partial charge in [0, 0.05) is 49.3 Å². The Morgan fingerprint density at radius 2 is 0.645 bits per heavy atom. The first-order valence-corrected chi connectivity index (χ1v) is 44.6. The molecule has 0 radical (unpaired) electrons. The minimum absolute atomic E-state index is 0. The zero-order valence-corrected chi connectivity index (χ0v) is 76.9. The van der Waals surface area contributed by atoms with E-state index in [1.165, 1.54) is 57.1 Å². The predicted octanol–water partition coefficient (Wildman–Crippen LogP) is 23.1. The molecule has 0 unspecified atom stereocenters. The topological polar surface area (TPSA) is 335 Å². The molecule has 4 heterocycles. The molecule has 9 N–H and O–H groups in total. The fraction of sp³-hybridized carbons (Fsp3) is 0.385. The summed E-state index contributed by atoms with van der Waals surface area (Å²) in [7, 11) is 0. The number of carboxylic acids is 2. The van der Waals surface area contributed by atoms with Crippen molar-refractivity contribution >= 4 is 199 Å². The molecule has 0 spiro atoms. The maximum atomic E-state index is 12.9. The number of Topliss-reactive ketones (excluding diaryl/α,β-unsaturated/α-hetero) is 3. The maximum Gasteiger partial charge on any atom is 0.408 e. The van der Waals surface area contributed by atoms with Crippen LogP contribution >= 0.6 is 146 Å². The number of rotatable bonds is 31. The number of carbonyl (C=O) groups excluding carboxylic acids is 6. The van der Waals surface area contributed by atoms with Gasteiger partial charge >= 0.3 is 24.1 Å². The number of carboxylic acid groups (broad SMARTS) is 2. The lowest BCUT2D eigenvalue weighted by molar-refractivity contribution is -0.139. The molecule has 124 heavy (non-hydrogen) atoms. The van der Waals surface area contributed by atoms with Gasteiger partial charge < -0.3 is 47.1 Å². The molecule has 692 valence electrons. The number of nitrogens with two attached hydrogens (primary N) is 2. The first-order chi connectivity index (χ1) is 53.6. The molecule has 10 rings (SSSR count). The van der Waals surface area contributed by atoms with E-state index in [0.717, 1.165) is 83.7 Å². The third-order valence-electron chi connectivity index (χ3n) is 15.1. The Labute approximate surface area is 801 Å². The van der Waals surface area contributed by atoms with E-state index < -0.39 is 53.5 Å². The number of alkyl carbamates (subject to hydrolysis) is 2. The number of carbonyl (C=O) groups is 8. The molecule has 4 atom stereocenters. The van der Waals surface area contributed by atoms with Crippen LogP contribution < -0.4 is 27.4 Å². The normalized spacial score (nSPS) is 10.6. The molecule has 4 aromatic heterocycles. The molecule has 10 aromatic rings. The second kappa shape index (κ2) is 72.4. The monoisotopic (exact) mass is 1930 g/mol. The molecular weight excluding hydrogens is 1800 g/mol. The summed E-state index contributed by atoms with van der Waals surface area (Å²) in [6.07, 6.45) is 9.67. The van der Waals surface area contributed by atoms with Crippen molar-refractivity contribution in [2.75, 3.05) is 53.8 Å². The molecule has 33 heteroatoms. The minimum atomic E-state index is -1.04. The number of amides is 3. The lowest BCUT2D eigenvalue weighted by Crippen LogP contribution is -2.44. The van der Waals surface area contributed by atoms with Crippen molar-refractivity contribution in [3.8, 4) is 45.0 Å². The number of nitrogens with zero attached hydrogens (tertiary/aromatic N) is 4. The van der Waals surface area contributed by atoms with Gasteiger partial charge in [0.15, 0.2) is 22.5 Å². The number of thiazole rings is 4. The number of aliphatic carboxylic acids is 1. The van der Waals surface area contributed by atoms with Crippen molar-refractivity contribution in [3.05, 3.63) is 230 Å². The number of aromatic nitrogens is 4. The largest absolute Gasteiger partial charge is 0.480 e. The third-order valence-corrected chi connectivity index (χ3v) is 20.9. The number of thioether (sulfide) groups is 4. The van der Waals surface area contributed by atoms with Gasteiger partial charge in [0.2, 0.25) is 0 Å². The summed E-state index contributed by atoms with van der Waals surface area (Å²) in [5.74, 6) is 1.05. The minimum Gasteiger partial charge on any atom is -0.480 e. The van der Waals surface area contributed by atoms with Gasteiger partial charge in [0.25, 0.3) is 5.91 Å². The average molecular weight is 1940 g/mol. The quantitative estimate of drug-likeness (QED) is 0.0212. The molecule has 0 bridgehead atoms. The van der Waals surface area contributed by atoms with Crippen molar-refractivity contribution in [3.63, 3.8) is 0 Å². The number of nitrogen functional groups attached to an aromatic ring is 1. The van der Waals surface area contributed by atoms with Crippen LogP contribution in [0, 0.1) is 0 Å². The van der Waals surface area contributed by atoms with Gasteiger partial charge in [-0.15, -0.1) is 45.3 Å². The van der Waals surface area contributed by atoms with Crippen LogP contribution in [0.15, 0.2) is 204 Å². The fourth-order valence-corrected chi connectivity index (χ4v) is 14.5. The van der Waals surface area contributed by atoms with Crippen molar-refractivity contribution in [1.29, 1.82) is 0 Å². The average Bonchev–Trinajstić information content (AvgIpc) is 1.72. The predicted molar refractivity (Wildman–Crippen MR) is 561 cm³/mol. The Kier molecular flexibility index (Phi) is 77.0. The molecule has 6 aromatic carbocycles. The summed E-state index contributed by atoms with van der Waals surface area (Å²) in [4.78, 5) is 112. The van der Waals surface area contributed by atoms with Crippen LogP contribution in [-0.2, 0) is 47.9 Å². The number of ketones is 3. The fourth-order valence-electron chi connectivity index (χ4n) is 9.56. The van der Waals surface area contributed by atoms with E-state index in [4.69, 9.17) is 31.2 Å². The molecule has 0 saturated heterocycles. The van der Waals surface area contributed by atoms with Crippen LogP contribution in [0.5, 0.6) is 0 Å². The number of hydrogen-bond acceptors (Lipinski definition) is 24. The maximum absolute atomic E-state index is 12.9. The summed E-state index contributed by atoms with van der Waals surface area (Å²) < 4.78 is 10.3. The van der Waals surface area contributed by atoms with Crippen molar-refractivity contribution < 1.29 is 58.0 Å². The number of ether oxygens (including phenoxy) is 2. The second-order valence-electron chi connectivity index (χ2n) is 26.4. The summed E-state index contributed by atoms with van der Waals surface area (Å²) in [6.45, 7) is 10.6. The Bertz CT molecular complexity index is 4450. The highest BCUT2D eigenvalue weighted by Crippen LogP contribution is 2.27. The van der Waals surface area contributed by atoms with Crippen molar-refractivity contribution in [1.82, 2.24) is 35.9 Å². The van der Waals surface area contributed by atoms with Crippen LogP contribution in [0.3, 0.4) is 0 Å². The third kappa shape index (κ3) is 53.1.